The second-order valence-corrected chi connectivity index (χ2v) is 8.83. The molecular formula is C22H25ClN3O2S+. The average molecular weight is 431 g/mol. The van der Waals surface area contributed by atoms with Crippen molar-refractivity contribution in [2.24, 2.45) is 4.99 Å². The SMILES string of the molecule is Nc1ccc(SC[C@@H]2CO[C@@](CCc3ccc(Cl)cc3)(C[N+]3=CCN=C3)O2)cc1. The van der Waals surface area contributed by atoms with Crippen molar-refractivity contribution in [3.8, 4) is 0 Å². The molecule has 0 bridgehead atoms. The number of hydrogen-bond acceptors (Lipinski definition) is 5. The smallest absolute Gasteiger partial charge is 0.280 e. The van der Waals surface area contributed by atoms with Crippen molar-refractivity contribution < 1.29 is 14.0 Å². The molecule has 152 valence electrons. The van der Waals surface area contributed by atoms with Crippen molar-refractivity contribution >= 4 is 41.6 Å². The van der Waals surface area contributed by atoms with E-state index in [0.29, 0.717) is 19.7 Å². The maximum atomic E-state index is 6.48. The van der Waals surface area contributed by atoms with Gasteiger partial charge in [0.15, 0.2) is 6.54 Å². The van der Waals surface area contributed by atoms with Gasteiger partial charge in [0.2, 0.25) is 5.79 Å². The Kier molecular flexibility index (Phi) is 6.55. The molecule has 2 aromatic carbocycles. The van der Waals surface area contributed by atoms with Gasteiger partial charge in [0.1, 0.15) is 12.8 Å². The lowest BCUT2D eigenvalue weighted by Crippen LogP contribution is -2.41. The van der Waals surface area contributed by atoms with Gasteiger partial charge in [-0.25, -0.2) is 4.58 Å². The molecule has 7 heteroatoms. The lowest BCUT2D eigenvalue weighted by Gasteiger charge is -2.27. The maximum Gasteiger partial charge on any atom is 0.280 e. The Balaban J connectivity index is 1.39. The van der Waals surface area contributed by atoms with Crippen molar-refractivity contribution in [1.29, 1.82) is 0 Å². The minimum Gasteiger partial charge on any atom is -0.399 e. The molecule has 1 fully saturated rings. The van der Waals surface area contributed by atoms with Crippen LogP contribution in [0, 0.1) is 0 Å². The second-order valence-electron chi connectivity index (χ2n) is 7.30. The third kappa shape index (κ3) is 5.60. The number of ether oxygens (including phenoxy) is 2. The van der Waals surface area contributed by atoms with Gasteiger partial charge < -0.3 is 15.2 Å². The van der Waals surface area contributed by atoms with Crippen LogP contribution >= 0.6 is 23.4 Å². The van der Waals surface area contributed by atoms with E-state index in [1.807, 2.05) is 42.7 Å². The van der Waals surface area contributed by atoms with Gasteiger partial charge in [0.25, 0.3) is 6.34 Å². The first-order chi connectivity index (χ1) is 14.1. The number of anilines is 1. The minimum absolute atomic E-state index is 0.0438. The molecular weight excluding hydrogens is 406 g/mol. The van der Waals surface area contributed by atoms with E-state index >= 15 is 0 Å². The van der Waals surface area contributed by atoms with Crippen LogP contribution in [0.1, 0.15) is 12.0 Å². The van der Waals surface area contributed by atoms with Crippen LogP contribution in [0.15, 0.2) is 58.4 Å². The van der Waals surface area contributed by atoms with E-state index in [4.69, 9.17) is 26.8 Å². The Labute approximate surface area is 180 Å². The first kappa shape index (κ1) is 20.4. The fourth-order valence-electron chi connectivity index (χ4n) is 3.47. The molecule has 2 atom stereocenters. The predicted octanol–water partition coefficient (Wildman–Crippen LogP) is 3.88. The summed E-state index contributed by atoms with van der Waals surface area (Å²) in [7, 11) is 0. The normalized spacial score (nSPS) is 23.5. The van der Waals surface area contributed by atoms with Gasteiger partial charge >= 0.3 is 0 Å². The molecule has 0 radical (unpaired) electrons. The molecule has 0 spiro atoms. The second kappa shape index (κ2) is 9.30. The lowest BCUT2D eigenvalue weighted by molar-refractivity contribution is -0.443. The minimum atomic E-state index is -0.640. The number of aliphatic imine (C=N–C) groups is 1. The van der Waals surface area contributed by atoms with Gasteiger partial charge in [-0.2, -0.15) is 0 Å². The molecule has 2 aromatic rings. The monoisotopic (exact) mass is 430 g/mol. The maximum absolute atomic E-state index is 6.48. The summed E-state index contributed by atoms with van der Waals surface area (Å²) in [5, 5.41) is 0.750. The third-order valence-corrected chi connectivity index (χ3v) is 6.41. The molecule has 2 aliphatic rings. The quantitative estimate of drug-likeness (QED) is 0.392. The number of nitrogens with zero attached hydrogens (tertiary/aromatic N) is 2. The van der Waals surface area contributed by atoms with Gasteiger partial charge in [0, 0.05) is 27.8 Å². The van der Waals surface area contributed by atoms with E-state index < -0.39 is 5.79 Å². The number of benzene rings is 2. The Bertz CT molecular complexity index is 886. The van der Waals surface area contributed by atoms with Crippen LogP contribution in [-0.2, 0) is 15.9 Å². The molecule has 2 heterocycles. The van der Waals surface area contributed by atoms with Crippen LogP contribution in [-0.4, -0.2) is 54.5 Å². The fourth-order valence-corrected chi connectivity index (χ4v) is 4.46. The summed E-state index contributed by atoms with van der Waals surface area (Å²) in [6, 6.07) is 15.9. The molecule has 1 saturated heterocycles. The zero-order valence-corrected chi connectivity index (χ0v) is 17.7. The molecule has 2 N–H and O–H groups in total. The zero-order chi connectivity index (χ0) is 20.1. The summed E-state index contributed by atoms with van der Waals surface area (Å²) in [6.45, 7) is 1.95. The van der Waals surface area contributed by atoms with Gasteiger partial charge in [-0.1, -0.05) is 28.7 Å². The summed E-state index contributed by atoms with van der Waals surface area (Å²) in [5.41, 5.74) is 7.77. The van der Waals surface area contributed by atoms with E-state index in [1.54, 1.807) is 11.8 Å². The lowest BCUT2D eigenvalue weighted by atomic mass is 10.0. The van der Waals surface area contributed by atoms with Gasteiger partial charge in [-0.3, -0.25) is 0 Å². The van der Waals surface area contributed by atoms with Crippen LogP contribution in [0.4, 0.5) is 5.69 Å². The largest absolute Gasteiger partial charge is 0.399 e. The topological polar surface area (TPSA) is 59.8 Å². The highest BCUT2D eigenvalue weighted by molar-refractivity contribution is 7.99. The summed E-state index contributed by atoms with van der Waals surface area (Å²) < 4.78 is 14.8. The van der Waals surface area contributed by atoms with Crippen molar-refractivity contribution in [3.05, 3.63) is 59.1 Å². The Morgan fingerprint density at radius 3 is 2.69 bits per heavy atom. The highest BCUT2D eigenvalue weighted by Gasteiger charge is 2.43. The highest BCUT2D eigenvalue weighted by atomic mass is 35.5. The number of hydrogen-bond donors (Lipinski definition) is 1. The van der Waals surface area contributed by atoms with Gasteiger partial charge in [-0.15, -0.1) is 11.8 Å². The number of nitrogens with two attached hydrogens (primary N) is 1. The molecule has 0 aromatic heterocycles. The van der Waals surface area contributed by atoms with E-state index in [-0.39, 0.29) is 6.10 Å². The average Bonchev–Trinajstić information content (AvgIpc) is 3.38. The summed E-state index contributed by atoms with van der Waals surface area (Å²) in [6.07, 6.45) is 5.60. The van der Waals surface area contributed by atoms with E-state index in [0.717, 1.165) is 29.3 Å². The van der Waals surface area contributed by atoms with Crippen LogP contribution in [0.3, 0.4) is 0 Å². The number of aryl methyl sites for hydroxylation is 1. The predicted molar refractivity (Wildman–Crippen MR) is 119 cm³/mol. The van der Waals surface area contributed by atoms with Crippen LogP contribution in [0.5, 0.6) is 0 Å². The van der Waals surface area contributed by atoms with E-state index in [2.05, 4.69) is 27.9 Å². The number of rotatable bonds is 8. The molecule has 0 amide bonds. The summed E-state index contributed by atoms with van der Waals surface area (Å²) in [5.74, 6) is 0.198. The Morgan fingerprint density at radius 1 is 1.17 bits per heavy atom. The summed E-state index contributed by atoms with van der Waals surface area (Å²) in [4.78, 5) is 5.46. The zero-order valence-electron chi connectivity index (χ0n) is 16.2. The molecule has 0 aliphatic carbocycles. The van der Waals surface area contributed by atoms with Crippen molar-refractivity contribution in [2.75, 3.05) is 31.2 Å². The fraction of sp³-hybridized carbons (Fsp3) is 0.364. The molecule has 2 aliphatic heterocycles. The third-order valence-electron chi connectivity index (χ3n) is 5.01. The van der Waals surface area contributed by atoms with Crippen molar-refractivity contribution in [2.45, 2.75) is 29.6 Å². The number of nitrogen functional groups attached to an aromatic ring is 1. The number of halogens is 1. The first-order valence-electron chi connectivity index (χ1n) is 9.74. The first-order valence-corrected chi connectivity index (χ1v) is 11.1. The van der Waals surface area contributed by atoms with E-state index in [9.17, 15) is 0 Å². The molecule has 5 nitrogen and oxygen atoms in total. The number of thioether (sulfide) groups is 1. The van der Waals surface area contributed by atoms with Crippen LogP contribution in [0.2, 0.25) is 5.02 Å². The molecule has 0 unspecified atom stereocenters. The van der Waals surface area contributed by atoms with Crippen LogP contribution in [0.25, 0.3) is 0 Å². The Morgan fingerprint density at radius 2 is 1.97 bits per heavy atom. The highest BCUT2D eigenvalue weighted by Crippen LogP contribution is 2.32. The van der Waals surface area contributed by atoms with Gasteiger partial charge in [0.05, 0.1) is 12.7 Å². The van der Waals surface area contributed by atoms with Crippen molar-refractivity contribution in [3.63, 3.8) is 0 Å². The van der Waals surface area contributed by atoms with Gasteiger partial charge in [-0.05, 0) is 48.4 Å². The molecule has 29 heavy (non-hydrogen) atoms. The Hall–Kier alpha value is -1.86. The molecule has 0 saturated carbocycles. The van der Waals surface area contributed by atoms with Crippen LogP contribution < -0.4 is 5.73 Å². The molecule has 4 rings (SSSR count). The summed E-state index contributed by atoms with van der Waals surface area (Å²) >= 11 is 7.77. The standard InChI is InChI=1S/C22H25ClN3O2S/c23-18-3-1-17(2-4-18)9-10-22(15-26-12-11-25-16-26)27-13-20(28-22)14-29-21-7-5-19(24)6-8-21/h1-8,12,16,20H,9-11,13-15,24H2/q+1/t20-,22+/m0/s1. The van der Waals surface area contributed by atoms with Crippen molar-refractivity contribution in [1.82, 2.24) is 0 Å². The van der Waals surface area contributed by atoms with E-state index in [1.165, 1.54) is 10.5 Å².